The van der Waals surface area contributed by atoms with E-state index >= 15 is 0 Å². The van der Waals surface area contributed by atoms with Crippen molar-refractivity contribution in [3.8, 4) is 11.4 Å². The van der Waals surface area contributed by atoms with Crippen LogP contribution in [0.25, 0.3) is 5.69 Å². The quantitative estimate of drug-likeness (QED) is 0.625. The van der Waals surface area contributed by atoms with Gasteiger partial charge in [0.25, 0.3) is 0 Å². The molecular weight excluding hydrogens is 368 g/mol. The molecule has 0 aliphatic heterocycles. The molecule has 152 valence electrons. The SMILES string of the molecule is CC(=O)c1ccc(-n2c(C)cn(CC(O)COc3c(C)cccc3C)c2=O)cc1. The van der Waals surface area contributed by atoms with Crippen LogP contribution < -0.4 is 10.4 Å². The largest absolute Gasteiger partial charge is 0.490 e. The molecule has 0 aliphatic carbocycles. The van der Waals surface area contributed by atoms with E-state index in [-0.39, 0.29) is 24.6 Å². The minimum absolute atomic E-state index is 0.0230. The average molecular weight is 394 g/mol. The summed E-state index contributed by atoms with van der Waals surface area (Å²) in [6.07, 6.45) is 0.880. The van der Waals surface area contributed by atoms with Crippen LogP contribution in [0.1, 0.15) is 34.1 Å². The summed E-state index contributed by atoms with van der Waals surface area (Å²) < 4.78 is 8.83. The van der Waals surface area contributed by atoms with Crippen molar-refractivity contribution in [1.82, 2.24) is 9.13 Å². The zero-order chi connectivity index (χ0) is 21.1. The van der Waals surface area contributed by atoms with Crippen LogP contribution in [0.4, 0.5) is 0 Å². The smallest absolute Gasteiger partial charge is 0.333 e. The van der Waals surface area contributed by atoms with Gasteiger partial charge in [0.15, 0.2) is 5.78 Å². The van der Waals surface area contributed by atoms with Gasteiger partial charge in [0.2, 0.25) is 0 Å². The van der Waals surface area contributed by atoms with Crippen molar-refractivity contribution >= 4 is 5.78 Å². The molecule has 0 saturated carbocycles. The number of ketones is 1. The highest BCUT2D eigenvalue weighted by Crippen LogP contribution is 2.22. The number of hydrogen-bond acceptors (Lipinski definition) is 4. The van der Waals surface area contributed by atoms with Gasteiger partial charge in [-0.25, -0.2) is 4.79 Å². The van der Waals surface area contributed by atoms with Gasteiger partial charge in [-0.3, -0.25) is 13.9 Å². The van der Waals surface area contributed by atoms with Gasteiger partial charge in [0, 0.05) is 17.5 Å². The van der Waals surface area contributed by atoms with E-state index in [1.54, 1.807) is 35.0 Å². The lowest BCUT2D eigenvalue weighted by molar-refractivity contribution is 0.0909. The number of benzene rings is 2. The fraction of sp³-hybridized carbons (Fsp3) is 0.304. The Bertz CT molecular complexity index is 1060. The molecule has 0 aliphatic rings. The molecule has 0 amide bonds. The van der Waals surface area contributed by atoms with Gasteiger partial charge in [0.1, 0.15) is 18.5 Å². The summed E-state index contributed by atoms with van der Waals surface area (Å²) in [6.45, 7) is 7.47. The van der Waals surface area contributed by atoms with E-state index in [2.05, 4.69) is 0 Å². The third kappa shape index (κ3) is 4.49. The summed E-state index contributed by atoms with van der Waals surface area (Å²) in [5.74, 6) is 0.739. The van der Waals surface area contributed by atoms with Crippen LogP contribution in [0.5, 0.6) is 5.75 Å². The second-order valence-electron chi connectivity index (χ2n) is 7.33. The molecule has 6 heteroatoms. The summed E-state index contributed by atoms with van der Waals surface area (Å²) in [6, 6.07) is 12.8. The number of aromatic nitrogens is 2. The Labute approximate surface area is 170 Å². The summed E-state index contributed by atoms with van der Waals surface area (Å²) >= 11 is 0. The number of carbonyl (C=O) groups is 1. The number of aryl methyl sites for hydroxylation is 3. The Morgan fingerprint density at radius 3 is 2.28 bits per heavy atom. The van der Waals surface area contributed by atoms with E-state index in [1.165, 1.54) is 11.5 Å². The number of ether oxygens (including phenoxy) is 1. The molecule has 1 N–H and O–H groups in total. The van der Waals surface area contributed by atoms with Crippen molar-refractivity contribution in [1.29, 1.82) is 0 Å². The van der Waals surface area contributed by atoms with Crippen molar-refractivity contribution in [2.45, 2.75) is 40.3 Å². The van der Waals surface area contributed by atoms with E-state index in [1.807, 2.05) is 39.0 Å². The molecule has 29 heavy (non-hydrogen) atoms. The van der Waals surface area contributed by atoms with Crippen molar-refractivity contribution in [2.24, 2.45) is 0 Å². The molecule has 1 unspecified atom stereocenters. The summed E-state index contributed by atoms with van der Waals surface area (Å²) in [5.41, 5.74) is 3.78. The van der Waals surface area contributed by atoms with Gasteiger partial charge in [0.05, 0.1) is 12.2 Å². The first-order valence-corrected chi connectivity index (χ1v) is 9.55. The molecule has 1 atom stereocenters. The molecule has 0 radical (unpaired) electrons. The monoisotopic (exact) mass is 394 g/mol. The fourth-order valence-electron chi connectivity index (χ4n) is 3.39. The van der Waals surface area contributed by atoms with E-state index in [9.17, 15) is 14.7 Å². The maximum atomic E-state index is 12.8. The van der Waals surface area contributed by atoms with Crippen LogP contribution in [0.3, 0.4) is 0 Å². The van der Waals surface area contributed by atoms with Crippen LogP contribution in [0.15, 0.2) is 53.5 Å². The molecule has 1 heterocycles. The molecular formula is C23H26N2O4. The number of aliphatic hydroxyl groups excluding tert-OH is 1. The molecule has 0 spiro atoms. The van der Waals surface area contributed by atoms with Crippen LogP contribution >= 0.6 is 0 Å². The molecule has 2 aromatic carbocycles. The Hall–Kier alpha value is -3.12. The second-order valence-corrected chi connectivity index (χ2v) is 7.33. The Kier molecular flexibility index (Phi) is 6.03. The average Bonchev–Trinajstić information content (AvgIpc) is 2.94. The third-order valence-electron chi connectivity index (χ3n) is 4.90. The predicted molar refractivity (Wildman–Crippen MR) is 112 cm³/mol. The molecule has 3 rings (SSSR count). The first-order chi connectivity index (χ1) is 13.8. The van der Waals surface area contributed by atoms with Crippen LogP contribution in [-0.2, 0) is 6.54 Å². The van der Waals surface area contributed by atoms with Crippen molar-refractivity contribution < 1.29 is 14.6 Å². The van der Waals surface area contributed by atoms with Gasteiger partial charge in [-0.15, -0.1) is 0 Å². The lowest BCUT2D eigenvalue weighted by Crippen LogP contribution is -2.31. The van der Waals surface area contributed by atoms with Crippen LogP contribution in [0, 0.1) is 20.8 Å². The van der Waals surface area contributed by atoms with Gasteiger partial charge in [-0.1, -0.05) is 18.2 Å². The molecule has 3 aromatic rings. The number of carbonyl (C=O) groups excluding carboxylic acids is 1. The second kappa shape index (κ2) is 8.49. The Balaban J connectivity index is 1.74. The number of aliphatic hydroxyl groups is 1. The standard InChI is InChI=1S/C23H26N2O4/c1-15-6-5-7-16(2)22(15)29-14-21(27)13-24-12-17(3)25(23(24)28)20-10-8-19(9-11-20)18(4)26/h5-12,21,27H,13-14H2,1-4H3. The molecule has 0 bridgehead atoms. The number of hydrogen-bond donors (Lipinski definition) is 1. The minimum Gasteiger partial charge on any atom is -0.490 e. The van der Waals surface area contributed by atoms with E-state index in [0.717, 1.165) is 22.6 Å². The number of imidazole rings is 1. The van der Waals surface area contributed by atoms with Crippen molar-refractivity contribution in [3.63, 3.8) is 0 Å². The molecule has 0 saturated heterocycles. The third-order valence-corrected chi connectivity index (χ3v) is 4.90. The van der Waals surface area contributed by atoms with Gasteiger partial charge in [-0.2, -0.15) is 0 Å². The van der Waals surface area contributed by atoms with Crippen LogP contribution in [0.2, 0.25) is 0 Å². The maximum Gasteiger partial charge on any atom is 0.333 e. The Morgan fingerprint density at radius 2 is 1.69 bits per heavy atom. The van der Waals surface area contributed by atoms with Gasteiger partial charge < -0.3 is 9.84 Å². The number of rotatable bonds is 7. The predicted octanol–water partition coefficient (Wildman–Crippen LogP) is 3.21. The molecule has 0 fully saturated rings. The maximum absolute atomic E-state index is 12.8. The Morgan fingerprint density at radius 1 is 1.07 bits per heavy atom. The van der Waals surface area contributed by atoms with E-state index in [4.69, 9.17) is 4.74 Å². The first kappa shape index (κ1) is 20.6. The summed E-state index contributed by atoms with van der Waals surface area (Å²) in [4.78, 5) is 24.3. The van der Waals surface area contributed by atoms with Gasteiger partial charge in [-0.05, 0) is 63.1 Å². The number of para-hydroxylation sites is 1. The lowest BCUT2D eigenvalue weighted by Gasteiger charge is -2.15. The van der Waals surface area contributed by atoms with Gasteiger partial charge >= 0.3 is 5.69 Å². The molecule has 1 aromatic heterocycles. The van der Waals surface area contributed by atoms with Crippen molar-refractivity contribution in [3.05, 3.63) is 81.5 Å². The zero-order valence-electron chi connectivity index (χ0n) is 17.2. The summed E-state index contributed by atoms with van der Waals surface area (Å²) in [7, 11) is 0. The zero-order valence-corrected chi connectivity index (χ0v) is 17.2. The minimum atomic E-state index is -0.831. The van der Waals surface area contributed by atoms with Crippen molar-refractivity contribution in [2.75, 3.05) is 6.61 Å². The number of nitrogens with zero attached hydrogens (tertiary/aromatic N) is 2. The normalized spacial score (nSPS) is 12.0. The fourth-order valence-corrected chi connectivity index (χ4v) is 3.39. The number of Topliss-reactive ketones (excluding diaryl/α,β-unsaturated/α-hetero) is 1. The van der Waals surface area contributed by atoms with E-state index in [0.29, 0.717) is 11.3 Å². The van der Waals surface area contributed by atoms with Crippen LogP contribution in [-0.4, -0.2) is 32.7 Å². The van der Waals surface area contributed by atoms with E-state index < -0.39 is 6.10 Å². The highest BCUT2D eigenvalue weighted by atomic mass is 16.5. The highest BCUT2D eigenvalue weighted by molar-refractivity contribution is 5.94. The highest BCUT2D eigenvalue weighted by Gasteiger charge is 2.15. The molecule has 6 nitrogen and oxygen atoms in total. The topological polar surface area (TPSA) is 73.5 Å². The summed E-state index contributed by atoms with van der Waals surface area (Å²) in [5, 5.41) is 10.4. The lowest BCUT2D eigenvalue weighted by atomic mass is 10.1. The first-order valence-electron chi connectivity index (χ1n) is 9.55.